The Labute approximate surface area is 141 Å². The molecule has 1 amide bonds. The number of hydrogen-bond donors (Lipinski definition) is 2. The Hall–Kier alpha value is -2.19. The van der Waals surface area contributed by atoms with Crippen molar-refractivity contribution in [1.82, 2.24) is 9.88 Å². The number of anilines is 1. The first kappa shape index (κ1) is 18.2. The number of carbonyl (C=O) groups is 1. The number of aryl methyl sites for hydroxylation is 2. The van der Waals surface area contributed by atoms with E-state index in [9.17, 15) is 13.2 Å². The SMILES string of the molecule is Cc1noc(C)c1S(=O)(=O)NCc1ccc(NC(=O)C(C)C)cc1. The summed E-state index contributed by atoms with van der Waals surface area (Å²) in [6.45, 7) is 6.89. The molecular weight excluding hydrogens is 330 g/mol. The molecule has 2 N–H and O–H groups in total. The Morgan fingerprint density at radius 2 is 1.83 bits per heavy atom. The predicted octanol–water partition coefficient (Wildman–Crippen LogP) is 2.36. The van der Waals surface area contributed by atoms with Gasteiger partial charge in [0.1, 0.15) is 10.6 Å². The van der Waals surface area contributed by atoms with Crippen LogP contribution in [0.15, 0.2) is 33.7 Å². The van der Waals surface area contributed by atoms with Crippen molar-refractivity contribution in [2.24, 2.45) is 5.92 Å². The average Bonchev–Trinajstić information content (AvgIpc) is 2.86. The second-order valence-electron chi connectivity index (χ2n) is 5.82. The van der Waals surface area contributed by atoms with Crippen LogP contribution in [0.25, 0.3) is 0 Å². The van der Waals surface area contributed by atoms with Crippen molar-refractivity contribution in [2.75, 3.05) is 5.32 Å². The fraction of sp³-hybridized carbons (Fsp3) is 0.375. The summed E-state index contributed by atoms with van der Waals surface area (Å²) in [6.07, 6.45) is 0. The third kappa shape index (κ3) is 4.21. The molecule has 130 valence electrons. The molecule has 0 atom stereocenters. The van der Waals surface area contributed by atoms with Crippen molar-refractivity contribution in [3.05, 3.63) is 41.3 Å². The van der Waals surface area contributed by atoms with Crippen LogP contribution in [0.1, 0.15) is 30.9 Å². The van der Waals surface area contributed by atoms with Crippen molar-refractivity contribution < 1.29 is 17.7 Å². The standard InChI is InChI=1S/C16H21N3O4S/c1-10(2)16(20)18-14-7-5-13(6-8-14)9-17-24(21,22)15-11(3)19-23-12(15)4/h5-8,10,17H,9H2,1-4H3,(H,18,20). The monoisotopic (exact) mass is 351 g/mol. The average molecular weight is 351 g/mol. The van der Waals surface area contributed by atoms with Gasteiger partial charge in [-0.3, -0.25) is 4.79 Å². The van der Waals surface area contributed by atoms with Crippen molar-refractivity contribution in [3.8, 4) is 0 Å². The molecule has 7 nitrogen and oxygen atoms in total. The topological polar surface area (TPSA) is 101 Å². The van der Waals surface area contributed by atoms with Gasteiger partial charge in [-0.05, 0) is 31.5 Å². The molecule has 0 saturated carbocycles. The Balaban J connectivity index is 2.03. The fourth-order valence-corrected chi connectivity index (χ4v) is 3.44. The Kier molecular flexibility index (Phi) is 5.40. The Morgan fingerprint density at radius 3 is 2.33 bits per heavy atom. The van der Waals surface area contributed by atoms with Gasteiger partial charge in [-0.1, -0.05) is 31.1 Å². The molecule has 0 radical (unpaired) electrons. The molecule has 1 aromatic carbocycles. The van der Waals surface area contributed by atoms with Crippen LogP contribution in [0, 0.1) is 19.8 Å². The normalized spacial score (nSPS) is 11.7. The van der Waals surface area contributed by atoms with Gasteiger partial charge in [0, 0.05) is 18.2 Å². The fourth-order valence-electron chi connectivity index (χ4n) is 2.10. The van der Waals surface area contributed by atoms with Crippen LogP contribution in [0.5, 0.6) is 0 Å². The minimum absolute atomic E-state index is 0.0677. The second-order valence-corrected chi connectivity index (χ2v) is 7.52. The summed E-state index contributed by atoms with van der Waals surface area (Å²) in [6, 6.07) is 6.98. The zero-order valence-electron chi connectivity index (χ0n) is 14.1. The molecule has 0 fully saturated rings. The number of amides is 1. The second kappa shape index (κ2) is 7.14. The number of benzene rings is 1. The van der Waals surface area contributed by atoms with Gasteiger partial charge in [-0.15, -0.1) is 0 Å². The molecular formula is C16H21N3O4S. The highest BCUT2D eigenvalue weighted by molar-refractivity contribution is 7.89. The maximum absolute atomic E-state index is 12.3. The van der Waals surface area contributed by atoms with Crippen LogP contribution in [0.4, 0.5) is 5.69 Å². The highest BCUT2D eigenvalue weighted by Gasteiger charge is 2.23. The van der Waals surface area contributed by atoms with Gasteiger partial charge in [0.2, 0.25) is 15.9 Å². The Morgan fingerprint density at radius 1 is 1.21 bits per heavy atom. The molecule has 1 aromatic heterocycles. The molecule has 24 heavy (non-hydrogen) atoms. The summed E-state index contributed by atoms with van der Waals surface area (Å²) in [4.78, 5) is 11.7. The smallest absolute Gasteiger partial charge is 0.246 e. The van der Waals surface area contributed by atoms with Crippen LogP contribution >= 0.6 is 0 Å². The van der Waals surface area contributed by atoms with E-state index in [0.717, 1.165) is 5.56 Å². The number of nitrogens with one attached hydrogen (secondary N) is 2. The van der Waals surface area contributed by atoms with E-state index in [1.807, 2.05) is 13.8 Å². The highest BCUT2D eigenvalue weighted by Crippen LogP contribution is 2.19. The minimum atomic E-state index is -3.69. The molecule has 0 aliphatic carbocycles. The maximum atomic E-state index is 12.3. The van der Waals surface area contributed by atoms with Crippen LogP contribution in [-0.2, 0) is 21.4 Å². The number of aromatic nitrogens is 1. The summed E-state index contributed by atoms with van der Waals surface area (Å²) in [7, 11) is -3.69. The van der Waals surface area contributed by atoms with Crippen molar-refractivity contribution in [1.29, 1.82) is 0 Å². The highest BCUT2D eigenvalue weighted by atomic mass is 32.2. The van der Waals surface area contributed by atoms with Crippen LogP contribution in [0.3, 0.4) is 0 Å². The molecule has 2 aromatic rings. The van der Waals surface area contributed by atoms with E-state index >= 15 is 0 Å². The third-order valence-corrected chi connectivity index (χ3v) is 5.09. The minimum Gasteiger partial charge on any atom is -0.360 e. The first-order valence-electron chi connectivity index (χ1n) is 7.53. The van der Waals surface area contributed by atoms with Gasteiger partial charge < -0.3 is 9.84 Å². The van der Waals surface area contributed by atoms with Gasteiger partial charge >= 0.3 is 0 Å². The van der Waals surface area contributed by atoms with E-state index in [1.54, 1.807) is 38.1 Å². The molecule has 0 spiro atoms. The van der Waals surface area contributed by atoms with Gasteiger partial charge in [0.25, 0.3) is 0 Å². The van der Waals surface area contributed by atoms with Crippen molar-refractivity contribution in [2.45, 2.75) is 39.1 Å². The van der Waals surface area contributed by atoms with E-state index in [4.69, 9.17) is 4.52 Å². The largest absolute Gasteiger partial charge is 0.360 e. The Bertz CT molecular complexity index is 804. The lowest BCUT2D eigenvalue weighted by molar-refractivity contribution is -0.118. The summed E-state index contributed by atoms with van der Waals surface area (Å²) in [5.41, 5.74) is 1.77. The van der Waals surface area contributed by atoms with Crippen LogP contribution in [0.2, 0.25) is 0 Å². The molecule has 1 heterocycles. The first-order valence-corrected chi connectivity index (χ1v) is 9.01. The van der Waals surface area contributed by atoms with E-state index < -0.39 is 10.0 Å². The molecule has 2 rings (SSSR count). The van der Waals surface area contributed by atoms with Gasteiger partial charge in [-0.2, -0.15) is 0 Å². The van der Waals surface area contributed by atoms with Crippen molar-refractivity contribution >= 4 is 21.6 Å². The van der Waals surface area contributed by atoms with E-state index in [2.05, 4.69) is 15.2 Å². The zero-order valence-corrected chi connectivity index (χ0v) is 14.9. The molecule has 0 bridgehead atoms. The van der Waals surface area contributed by atoms with Crippen LogP contribution in [-0.4, -0.2) is 19.5 Å². The maximum Gasteiger partial charge on any atom is 0.246 e. The molecule has 0 unspecified atom stereocenters. The summed E-state index contributed by atoms with van der Waals surface area (Å²) >= 11 is 0. The summed E-state index contributed by atoms with van der Waals surface area (Å²) in [5.74, 6) is 0.0835. The summed E-state index contributed by atoms with van der Waals surface area (Å²) < 4.78 is 32.1. The lowest BCUT2D eigenvalue weighted by Crippen LogP contribution is -2.24. The summed E-state index contributed by atoms with van der Waals surface area (Å²) in [5, 5.41) is 6.44. The van der Waals surface area contributed by atoms with Gasteiger partial charge in [0.15, 0.2) is 5.76 Å². The van der Waals surface area contributed by atoms with Gasteiger partial charge in [0.05, 0.1) is 0 Å². The third-order valence-electron chi connectivity index (χ3n) is 3.45. The molecule has 8 heteroatoms. The van der Waals surface area contributed by atoms with Crippen molar-refractivity contribution in [3.63, 3.8) is 0 Å². The van der Waals surface area contributed by atoms with E-state index in [-0.39, 0.29) is 29.0 Å². The molecule has 0 aliphatic heterocycles. The predicted molar refractivity (Wildman–Crippen MR) is 89.9 cm³/mol. The molecule has 0 saturated heterocycles. The van der Waals surface area contributed by atoms with Gasteiger partial charge in [-0.25, -0.2) is 13.1 Å². The number of sulfonamides is 1. The number of rotatable bonds is 6. The number of nitrogens with zero attached hydrogens (tertiary/aromatic N) is 1. The zero-order chi connectivity index (χ0) is 17.9. The number of carbonyl (C=O) groups excluding carboxylic acids is 1. The lowest BCUT2D eigenvalue weighted by atomic mass is 10.2. The lowest BCUT2D eigenvalue weighted by Gasteiger charge is -2.09. The first-order chi connectivity index (χ1) is 11.2. The number of hydrogen-bond acceptors (Lipinski definition) is 5. The van der Waals surface area contributed by atoms with Crippen LogP contribution < -0.4 is 10.0 Å². The molecule has 0 aliphatic rings. The quantitative estimate of drug-likeness (QED) is 0.832. The van der Waals surface area contributed by atoms with E-state index in [1.165, 1.54) is 0 Å². The van der Waals surface area contributed by atoms with E-state index in [0.29, 0.717) is 11.4 Å².